The number of hydrogen-bond donors (Lipinski definition) is 2. The summed E-state index contributed by atoms with van der Waals surface area (Å²) in [6, 6.07) is 5.20. The summed E-state index contributed by atoms with van der Waals surface area (Å²) in [7, 11) is 0. The van der Waals surface area contributed by atoms with Crippen LogP contribution in [0.25, 0.3) is 0 Å². The molecule has 1 aromatic carbocycles. The van der Waals surface area contributed by atoms with Gasteiger partial charge in [-0.2, -0.15) is 0 Å². The van der Waals surface area contributed by atoms with Crippen molar-refractivity contribution in [1.82, 2.24) is 0 Å². The van der Waals surface area contributed by atoms with Crippen molar-refractivity contribution < 1.29 is 19.7 Å². The van der Waals surface area contributed by atoms with Gasteiger partial charge in [0, 0.05) is 6.42 Å². The van der Waals surface area contributed by atoms with E-state index in [2.05, 4.69) is 0 Å². The topological polar surface area (TPSA) is 66.8 Å². The van der Waals surface area contributed by atoms with Gasteiger partial charge >= 0.3 is 5.97 Å². The summed E-state index contributed by atoms with van der Waals surface area (Å²) < 4.78 is 5.45. The molecule has 4 nitrogen and oxygen atoms in total. The molecule has 0 fully saturated rings. The molecule has 16 heavy (non-hydrogen) atoms. The number of benzene rings is 1. The van der Waals surface area contributed by atoms with Crippen molar-refractivity contribution in [3.05, 3.63) is 23.8 Å². The lowest BCUT2D eigenvalue weighted by Crippen LogP contribution is -2.11. The smallest absolute Gasteiger partial charge is 0.303 e. The molecule has 1 heterocycles. The van der Waals surface area contributed by atoms with Crippen LogP contribution in [0.15, 0.2) is 18.2 Å². The molecule has 1 atom stereocenters. The summed E-state index contributed by atoms with van der Waals surface area (Å²) in [6.07, 6.45) is 1.51. The Morgan fingerprint density at radius 3 is 3.06 bits per heavy atom. The van der Waals surface area contributed by atoms with Gasteiger partial charge in [0.05, 0.1) is 6.61 Å². The zero-order valence-corrected chi connectivity index (χ0v) is 8.85. The third kappa shape index (κ3) is 2.27. The Kier molecular flexibility index (Phi) is 2.99. The van der Waals surface area contributed by atoms with Crippen molar-refractivity contribution in [3.8, 4) is 11.5 Å². The molecule has 0 saturated carbocycles. The molecule has 1 aromatic rings. The first-order valence-electron chi connectivity index (χ1n) is 5.32. The number of carbonyl (C=O) groups is 1. The summed E-state index contributed by atoms with van der Waals surface area (Å²) in [5.74, 6) is -0.0574. The lowest BCUT2D eigenvalue weighted by atomic mass is 9.94. The monoisotopic (exact) mass is 222 g/mol. The van der Waals surface area contributed by atoms with Gasteiger partial charge in [0.25, 0.3) is 0 Å². The molecule has 1 unspecified atom stereocenters. The van der Waals surface area contributed by atoms with Gasteiger partial charge in [-0.3, -0.25) is 4.79 Å². The fraction of sp³-hybridized carbons (Fsp3) is 0.417. The molecule has 0 bridgehead atoms. The molecule has 0 amide bonds. The minimum atomic E-state index is -0.784. The van der Waals surface area contributed by atoms with Crippen LogP contribution >= 0.6 is 0 Å². The molecule has 86 valence electrons. The van der Waals surface area contributed by atoms with Gasteiger partial charge in [0.15, 0.2) is 11.5 Å². The van der Waals surface area contributed by atoms with E-state index in [0.29, 0.717) is 25.2 Å². The van der Waals surface area contributed by atoms with E-state index in [1.165, 1.54) is 0 Å². The summed E-state index contributed by atoms with van der Waals surface area (Å²) in [6.45, 7) is 0.461. The maximum Gasteiger partial charge on any atom is 0.303 e. The summed E-state index contributed by atoms with van der Waals surface area (Å²) >= 11 is 0. The normalized spacial score (nSPS) is 19.4. The van der Waals surface area contributed by atoms with Crippen LogP contribution in [0.1, 0.15) is 18.4 Å². The van der Waals surface area contributed by atoms with Gasteiger partial charge in [-0.05, 0) is 30.4 Å². The van der Waals surface area contributed by atoms with Crippen LogP contribution in [0, 0.1) is 5.92 Å². The third-order valence-electron chi connectivity index (χ3n) is 2.82. The largest absolute Gasteiger partial charge is 0.504 e. The van der Waals surface area contributed by atoms with Crippen LogP contribution in [0.4, 0.5) is 0 Å². The first kappa shape index (κ1) is 10.8. The molecule has 0 aliphatic carbocycles. The summed E-state index contributed by atoms with van der Waals surface area (Å²) in [5.41, 5.74) is 0.892. The molecule has 4 heteroatoms. The Hall–Kier alpha value is -1.71. The fourth-order valence-corrected chi connectivity index (χ4v) is 2.06. The van der Waals surface area contributed by atoms with Gasteiger partial charge in [-0.1, -0.05) is 12.1 Å². The van der Waals surface area contributed by atoms with Crippen LogP contribution in [0.2, 0.25) is 0 Å². The number of phenols is 1. The first-order valence-corrected chi connectivity index (χ1v) is 5.32. The van der Waals surface area contributed by atoms with E-state index < -0.39 is 5.97 Å². The molecule has 1 aliphatic heterocycles. The van der Waals surface area contributed by atoms with E-state index in [1.807, 2.05) is 6.07 Å². The van der Waals surface area contributed by atoms with Gasteiger partial charge in [0.2, 0.25) is 0 Å². The SMILES string of the molecule is O=C(O)CC1CCOc2c(O)cccc2C1. The van der Waals surface area contributed by atoms with Crippen LogP contribution in [-0.4, -0.2) is 22.8 Å². The highest BCUT2D eigenvalue weighted by atomic mass is 16.5. The van der Waals surface area contributed by atoms with E-state index >= 15 is 0 Å². The first-order chi connectivity index (χ1) is 7.66. The van der Waals surface area contributed by atoms with Crippen LogP contribution in [0.3, 0.4) is 0 Å². The highest BCUT2D eigenvalue weighted by molar-refractivity contribution is 5.67. The van der Waals surface area contributed by atoms with Crippen molar-refractivity contribution in [2.75, 3.05) is 6.61 Å². The number of ether oxygens (including phenoxy) is 1. The molecule has 0 aromatic heterocycles. The molecule has 0 spiro atoms. The predicted octanol–water partition coefficient (Wildman–Crippen LogP) is 1.81. The molecular weight excluding hydrogens is 208 g/mol. The Morgan fingerprint density at radius 1 is 1.50 bits per heavy atom. The Morgan fingerprint density at radius 2 is 2.31 bits per heavy atom. The van der Waals surface area contributed by atoms with Crippen molar-refractivity contribution in [1.29, 1.82) is 0 Å². The average molecular weight is 222 g/mol. The molecule has 1 aliphatic rings. The van der Waals surface area contributed by atoms with Gasteiger partial charge in [0.1, 0.15) is 0 Å². The second kappa shape index (κ2) is 4.43. The zero-order valence-electron chi connectivity index (χ0n) is 8.85. The second-order valence-electron chi connectivity index (χ2n) is 4.07. The quantitative estimate of drug-likeness (QED) is 0.800. The summed E-state index contributed by atoms with van der Waals surface area (Å²) in [5, 5.41) is 18.4. The molecule has 2 N–H and O–H groups in total. The maximum absolute atomic E-state index is 10.7. The van der Waals surface area contributed by atoms with Crippen molar-refractivity contribution >= 4 is 5.97 Å². The number of aromatic hydroxyl groups is 1. The van der Waals surface area contributed by atoms with Gasteiger partial charge < -0.3 is 14.9 Å². The number of para-hydroxylation sites is 1. The molecule has 0 radical (unpaired) electrons. The maximum atomic E-state index is 10.7. The van der Waals surface area contributed by atoms with Crippen LogP contribution in [-0.2, 0) is 11.2 Å². The lowest BCUT2D eigenvalue weighted by Gasteiger charge is -2.10. The van der Waals surface area contributed by atoms with Crippen LogP contribution < -0.4 is 4.74 Å². The number of hydrogen-bond acceptors (Lipinski definition) is 3. The summed E-state index contributed by atoms with van der Waals surface area (Å²) in [4.78, 5) is 10.7. The van der Waals surface area contributed by atoms with Crippen LogP contribution in [0.5, 0.6) is 11.5 Å². The van der Waals surface area contributed by atoms with Gasteiger partial charge in [-0.25, -0.2) is 0 Å². The number of rotatable bonds is 2. The molecule has 0 saturated heterocycles. The average Bonchev–Trinajstić information content (AvgIpc) is 2.39. The Bertz CT molecular complexity index is 400. The van der Waals surface area contributed by atoms with E-state index in [9.17, 15) is 9.90 Å². The lowest BCUT2D eigenvalue weighted by molar-refractivity contribution is -0.138. The van der Waals surface area contributed by atoms with E-state index in [4.69, 9.17) is 9.84 Å². The molecular formula is C12H14O4. The fourth-order valence-electron chi connectivity index (χ4n) is 2.06. The van der Waals surface area contributed by atoms with Crippen molar-refractivity contribution in [2.24, 2.45) is 5.92 Å². The number of carboxylic acids is 1. The zero-order chi connectivity index (χ0) is 11.5. The number of carboxylic acid groups (broad SMARTS) is 1. The minimum Gasteiger partial charge on any atom is -0.504 e. The number of aliphatic carboxylic acids is 1. The van der Waals surface area contributed by atoms with E-state index in [0.717, 1.165) is 5.56 Å². The second-order valence-corrected chi connectivity index (χ2v) is 4.07. The van der Waals surface area contributed by atoms with Crippen molar-refractivity contribution in [3.63, 3.8) is 0 Å². The molecule has 2 rings (SSSR count). The highest BCUT2D eigenvalue weighted by Crippen LogP contribution is 2.35. The van der Waals surface area contributed by atoms with E-state index in [1.54, 1.807) is 12.1 Å². The van der Waals surface area contributed by atoms with E-state index in [-0.39, 0.29) is 18.1 Å². The Balaban J connectivity index is 2.21. The number of phenolic OH excluding ortho intramolecular Hbond substituents is 1. The third-order valence-corrected chi connectivity index (χ3v) is 2.82. The number of fused-ring (bicyclic) bond motifs is 1. The highest BCUT2D eigenvalue weighted by Gasteiger charge is 2.21. The predicted molar refractivity (Wildman–Crippen MR) is 57.7 cm³/mol. The van der Waals surface area contributed by atoms with Crippen molar-refractivity contribution in [2.45, 2.75) is 19.3 Å². The van der Waals surface area contributed by atoms with Gasteiger partial charge in [-0.15, -0.1) is 0 Å². The standard InChI is InChI=1S/C12H14O4/c13-10-3-1-2-9-6-8(7-11(14)15)4-5-16-12(9)10/h1-3,8,13H,4-7H2,(H,14,15). The minimum absolute atomic E-state index is 0.0838. The Labute approximate surface area is 93.5 Å².